The quantitative estimate of drug-likeness (QED) is 0.641. The van der Waals surface area contributed by atoms with Gasteiger partial charge < -0.3 is 0 Å². The van der Waals surface area contributed by atoms with Crippen LogP contribution in [-0.4, -0.2) is 65.8 Å². The lowest BCUT2D eigenvalue weighted by molar-refractivity contribution is 0.272. The predicted octanol–water partition coefficient (Wildman–Crippen LogP) is -0.230. The van der Waals surface area contributed by atoms with Crippen LogP contribution in [0.4, 0.5) is 0 Å². The molecule has 0 aromatic heterocycles. The maximum atomic E-state index is 12.7. The summed E-state index contributed by atoms with van der Waals surface area (Å²) in [6, 6.07) is 4.63. The van der Waals surface area contributed by atoms with Crippen LogP contribution in [0.5, 0.6) is 0 Å². The van der Waals surface area contributed by atoms with Crippen LogP contribution in [0, 0.1) is 0 Å². The Morgan fingerprint density at radius 1 is 0.846 bits per heavy atom. The smallest absolute Gasteiger partial charge is 0.225 e. The number of benzene rings is 1. The molecule has 148 valence electrons. The van der Waals surface area contributed by atoms with Crippen molar-refractivity contribution < 1.29 is 25.3 Å². The molecule has 1 aromatic carbocycles. The standard InChI is InChI=1S/C14H23N3O6S3/c1-2-3-12-24(18,19)16-8-10-17(11-9-16)26(22,23)14-6-4-13(5-7-14)25(15,20)21/h4-7H,2-3,8-12H2,1H3,(H2,15,20,21). The Labute approximate surface area is 154 Å². The van der Waals surface area contributed by atoms with Gasteiger partial charge in [0.05, 0.1) is 15.5 Å². The maximum Gasteiger partial charge on any atom is 0.243 e. The molecule has 0 unspecified atom stereocenters. The Morgan fingerprint density at radius 2 is 1.31 bits per heavy atom. The van der Waals surface area contributed by atoms with Crippen molar-refractivity contribution >= 4 is 30.1 Å². The molecule has 12 heteroatoms. The van der Waals surface area contributed by atoms with Gasteiger partial charge in [0.1, 0.15) is 0 Å². The van der Waals surface area contributed by atoms with Gasteiger partial charge in [-0.2, -0.15) is 8.61 Å². The summed E-state index contributed by atoms with van der Waals surface area (Å²) >= 11 is 0. The molecule has 0 amide bonds. The third-order valence-electron chi connectivity index (χ3n) is 4.14. The van der Waals surface area contributed by atoms with E-state index in [0.717, 1.165) is 18.6 Å². The lowest BCUT2D eigenvalue weighted by atomic mass is 10.4. The number of nitrogens with two attached hydrogens (primary N) is 1. The van der Waals surface area contributed by atoms with Gasteiger partial charge in [0.15, 0.2) is 0 Å². The normalized spacial score (nSPS) is 18.1. The van der Waals surface area contributed by atoms with E-state index < -0.39 is 30.1 Å². The van der Waals surface area contributed by atoms with Gasteiger partial charge in [-0.15, -0.1) is 0 Å². The van der Waals surface area contributed by atoms with Gasteiger partial charge >= 0.3 is 0 Å². The van der Waals surface area contributed by atoms with Crippen molar-refractivity contribution in [3.63, 3.8) is 0 Å². The minimum absolute atomic E-state index is 0.0463. The highest BCUT2D eigenvalue weighted by Crippen LogP contribution is 2.20. The molecule has 2 rings (SSSR count). The van der Waals surface area contributed by atoms with Gasteiger partial charge in [-0.3, -0.25) is 0 Å². The van der Waals surface area contributed by atoms with Crippen molar-refractivity contribution in [1.29, 1.82) is 0 Å². The van der Waals surface area contributed by atoms with Crippen LogP contribution in [0.3, 0.4) is 0 Å². The molecule has 1 heterocycles. The molecule has 1 saturated heterocycles. The fourth-order valence-electron chi connectivity index (χ4n) is 2.59. The van der Waals surface area contributed by atoms with E-state index >= 15 is 0 Å². The molecule has 1 aromatic rings. The SMILES string of the molecule is CCCCS(=O)(=O)N1CCN(S(=O)(=O)c2ccc(S(N)(=O)=O)cc2)CC1. The molecular weight excluding hydrogens is 402 g/mol. The number of sulfonamides is 3. The summed E-state index contributed by atoms with van der Waals surface area (Å²) < 4.78 is 74.7. The Morgan fingerprint density at radius 3 is 1.77 bits per heavy atom. The van der Waals surface area contributed by atoms with Crippen molar-refractivity contribution in [3.05, 3.63) is 24.3 Å². The maximum absolute atomic E-state index is 12.7. The van der Waals surface area contributed by atoms with E-state index in [4.69, 9.17) is 5.14 Å². The van der Waals surface area contributed by atoms with Gasteiger partial charge in [-0.25, -0.2) is 30.4 Å². The molecule has 0 aliphatic carbocycles. The molecule has 1 aliphatic rings. The van der Waals surface area contributed by atoms with Crippen molar-refractivity contribution in [2.24, 2.45) is 5.14 Å². The zero-order valence-corrected chi connectivity index (χ0v) is 16.9. The molecule has 0 radical (unpaired) electrons. The minimum Gasteiger partial charge on any atom is -0.225 e. The van der Waals surface area contributed by atoms with Crippen molar-refractivity contribution in [2.75, 3.05) is 31.9 Å². The van der Waals surface area contributed by atoms with Gasteiger partial charge in [-0.1, -0.05) is 13.3 Å². The molecule has 9 nitrogen and oxygen atoms in total. The first-order valence-electron chi connectivity index (χ1n) is 8.09. The van der Waals surface area contributed by atoms with Crippen LogP contribution in [0.2, 0.25) is 0 Å². The zero-order chi connectivity index (χ0) is 19.6. The second-order valence-electron chi connectivity index (χ2n) is 5.99. The average molecular weight is 426 g/mol. The van der Waals surface area contributed by atoms with Crippen LogP contribution in [0.25, 0.3) is 0 Å². The van der Waals surface area contributed by atoms with Gasteiger partial charge in [-0.05, 0) is 30.7 Å². The summed E-state index contributed by atoms with van der Waals surface area (Å²) in [5.41, 5.74) is 0. The van der Waals surface area contributed by atoms with Gasteiger partial charge in [0.2, 0.25) is 30.1 Å². The average Bonchev–Trinajstić information content (AvgIpc) is 2.59. The lowest BCUT2D eigenvalue weighted by Crippen LogP contribution is -2.50. The van der Waals surface area contributed by atoms with E-state index in [9.17, 15) is 25.3 Å². The molecule has 1 aliphatic heterocycles. The van der Waals surface area contributed by atoms with E-state index in [1.165, 1.54) is 20.7 Å². The molecular formula is C14H23N3O6S3. The lowest BCUT2D eigenvalue weighted by Gasteiger charge is -2.33. The van der Waals surface area contributed by atoms with E-state index in [-0.39, 0.29) is 41.7 Å². The Kier molecular flexibility index (Phi) is 6.46. The fraction of sp³-hybridized carbons (Fsp3) is 0.571. The fourth-order valence-corrected chi connectivity index (χ4v) is 6.16. The van der Waals surface area contributed by atoms with Crippen LogP contribution >= 0.6 is 0 Å². The number of hydrogen-bond acceptors (Lipinski definition) is 6. The van der Waals surface area contributed by atoms with E-state index in [0.29, 0.717) is 6.42 Å². The molecule has 1 fully saturated rings. The molecule has 0 saturated carbocycles. The van der Waals surface area contributed by atoms with E-state index in [1.54, 1.807) is 0 Å². The number of nitrogens with zero attached hydrogens (tertiary/aromatic N) is 2. The Balaban J connectivity index is 2.10. The third-order valence-corrected chi connectivity index (χ3v) is 8.94. The first kappa shape index (κ1) is 21.3. The summed E-state index contributed by atoms with van der Waals surface area (Å²) in [5, 5.41) is 5.00. The second-order valence-corrected chi connectivity index (χ2v) is 11.6. The summed E-state index contributed by atoms with van der Waals surface area (Å²) in [4.78, 5) is -0.240. The summed E-state index contributed by atoms with van der Waals surface area (Å²) in [6.45, 7) is 2.19. The Bertz CT molecular complexity index is 932. The first-order valence-corrected chi connectivity index (χ1v) is 12.7. The minimum atomic E-state index is -3.90. The van der Waals surface area contributed by atoms with Crippen LogP contribution in [-0.2, 0) is 30.1 Å². The molecule has 0 bridgehead atoms. The number of rotatable bonds is 7. The van der Waals surface area contributed by atoms with Crippen molar-refractivity contribution in [2.45, 2.75) is 29.6 Å². The molecule has 2 N–H and O–H groups in total. The molecule has 0 spiro atoms. The largest absolute Gasteiger partial charge is 0.243 e. The number of primary sulfonamides is 1. The molecule has 26 heavy (non-hydrogen) atoms. The summed E-state index contributed by atoms with van der Waals surface area (Å²) in [7, 11) is -11.1. The van der Waals surface area contributed by atoms with Gasteiger partial charge in [0, 0.05) is 26.2 Å². The highest BCUT2D eigenvalue weighted by molar-refractivity contribution is 7.90. The summed E-state index contributed by atoms with van der Waals surface area (Å²) in [5.74, 6) is 0.0608. The predicted molar refractivity (Wildman–Crippen MR) is 96.8 cm³/mol. The third kappa shape index (κ3) is 4.81. The second kappa shape index (κ2) is 7.90. The zero-order valence-electron chi connectivity index (χ0n) is 14.4. The Hall–Kier alpha value is -1.05. The number of hydrogen-bond donors (Lipinski definition) is 1. The van der Waals surface area contributed by atoms with Crippen LogP contribution in [0.1, 0.15) is 19.8 Å². The number of unbranched alkanes of at least 4 members (excludes halogenated alkanes) is 1. The summed E-state index contributed by atoms with van der Waals surface area (Å²) in [6.07, 6.45) is 1.33. The monoisotopic (exact) mass is 425 g/mol. The number of piperazine rings is 1. The van der Waals surface area contributed by atoms with E-state index in [1.807, 2.05) is 6.92 Å². The topological polar surface area (TPSA) is 135 Å². The van der Waals surface area contributed by atoms with Gasteiger partial charge in [0.25, 0.3) is 0 Å². The van der Waals surface area contributed by atoms with Crippen LogP contribution in [0.15, 0.2) is 34.1 Å². The van der Waals surface area contributed by atoms with Crippen molar-refractivity contribution in [1.82, 2.24) is 8.61 Å². The van der Waals surface area contributed by atoms with Crippen LogP contribution < -0.4 is 5.14 Å². The van der Waals surface area contributed by atoms with E-state index in [2.05, 4.69) is 0 Å². The highest BCUT2D eigenvalue weighted by atomic mass is 32.2. The highest BCUT2D eigenvalue weighted by Gasteiger charge is 2.32. The first-order chi connectivity index (χ1) is 12.0. The molecule has 0 atom stereocenters. The van der Waals surface area contributed by atoms with Crippen molar-refractivity contribution in [3.8, 4) is 0 Å².